The molecule has 104 valence electrons. The number of halogens is 1. The van der Waals surface area contributed by atoms with Crippen LogP contribution in [0.5, 0.6) is 11.5 Å². The van der Waals surface area contributed by atoms with E-state index in [-0.39, 0.29) is 12.4 Å². The van der Waals surface area contributed by atoms with Crippen LogP contribution in [0.4, 0.5) is 5.69 Å². The lowest BCUT2D eigenvalue weighted by Crippen LogP contribution is -2.10. The van der Waals surface area contributed by atoms with Crippen LogP contribution in [0.3, 0.4) is 0 Å². The highest BCUT2D eigenvalue weighted by Gasteiger charge is 2.10. The molecule has 0 spiro atoms. The van der Waals surface area contributed by atoms with E-state index < -0.39 is 0 Å². The van der Waals surface area contributed by atoms with Crippen molar-refractivity contribution in [2.45, 2.75) is 19.9 Å². The van der Waals surface area contributed by atoms with Crippen molar-refractivity contribution in [3.05, 3.63) is 24.4 Å². The number of hydrogen-bond donors (Lipinski definition) is 1. The molecule has 5 heteroatoms. The molecule has 0 aliphatic rings. The molecule has 0 radical (unpaired) electrons. The number of anilines is 1. The maximum Gasteiger partial charge on any atom is 0.162 e. The SMILES string of the molecule is COc1cc2nccc(NC(C)C)c2cc1OC.Cl. The van der Waals surface area contributed by atoms with Gasteiger partial charge in [-0.05, 0) is 26.0 Å². The van der Waals surface area contributed by atoms with Crippen LogP contribution in [0.15, 0.2) is 24.4 Å². The Kier molecular flexibility index (Phi) is 5.24. The summed E-state index contributed by atoms with van der Waals surface area (Å²) in [6.07, 6.45) is 1.79. The molecule has 19 heavy (non-hydrogen) atoms. The van der Waals surface area contributed by atoms with Crippen LogP contribution in [0.1, 0.15) is 13.8 Å². The van der Waals surface area contributed by atoms with Crippen molar-refractivity contribution >= 4 is 29.0 Å². The average molecular weight is 283 g/mol. The monoisotopic (exact) mass is 282 g/mol. The summed E-state index contributed by atoms with van der Waals surface area (Å²) in [5.41, 5.74) is 1.94. The zero-order valence-corrected chi connectivity index (χ0v) is 12.4. The van der Waals surface area contributed by atoms with Crippen LogP contribution in [0.2, 0.25) is 0 Å². The molecule has 1 aromatic carbocycles. The van der Waals surface area contributed by atoms with E-state index >= 15 is 0 Å². The number of aromatic nitrogens is 1. The van der Waals surface area contributed by atoms with Crippen LogP contribution < -0.4 is 14.8 Å². The molecule has 1 N–H and O–H groups in total. The van der Waals surface area contributed by atoms with Gasteiger partial charge in [0.1, 0.15) is 0 Å². The van der Waals surface area contributed by atoms with Crippen LogP contribution in [0, 0.1) is 0 Å². The van der Waals surface area contributed by atoms with E-state index in [1.165, 1.54) is 0 Å². The number of fused-ring (bicyclic) bond motifs is 1. The van der Waals surface area contributed by atoms with Gasteiger partial charge in [-0.15, -0.1) is 12.4 Å². The van der Waals surface area contributed by atoms with Crippen LogP contribution in [-0.4, -0.2) is 25.2 Å². The van der Waals surface area contributed by atoms with Gasteiger partial charge in [0.2, 0.25) is 0 Å². The summed E-state index contributed by atoms with van der Waals surface area (Å²) in [4.78, 5) is 4.36. The molecular weight excluding hydrogens is 264 g/mol. The third-order valence-corrected chi connectivity index (χ3v) is 2.69. The normalized spacial score (nSPS) is 10.2. The standard InChI is InChI=1S/C14H18N2O2.ClH/c1-9(2)16-11-5-6-15-12-8-14(18-4)13(17-3)7-10(11)12;/h5-9H,1-4H3,(H,15,16);1H. The number of benzene rings is 1. The Labute approximate surface area is 119 Å². The molecule has 0 fully saturated rings. The Morgan fingerprint density at radius 2 is 1.74 bits per heavy atom. The smallest absolute Gasteiger partial charge is 0.162 e. The molecule has 1 heterocycles. The molecule has 0 unspecified atom stereocenters. The fourth-order valence-electron chi connectivity index (χ4n) is 1.91. The Morgan fingerprint density at radius 3 is 2.32 bits per heavy atom. The first-order valence-corrected chi connectivity index (χ1v) is 5.93. The Balaban J connectivity index is 0.00000180. The summed E-state index contributed by atoms with van der Waals surface area (Å²) in [6.45, 7) is 4.21. The van der Waals surface area contributed by atoms with Gasteiger partial charge in [0.25, 0.3) is 0 Å². The van der Waals surface area contributed by atoms with Gasteiger partial charge in [-0.1, -0.05) is 0 Å². The van der Waals surface area contributed by atoms with Crippen molar-refractivity contribution < 1.29 is 9.47 Å². The van der Waals surface area contributed by atoms with Crippen molar-refractivity contribution in [1.82, 2.24) is 4.98 Å². The summed E-state index contributed by atoms with van der Waals surface area (Å²) in [5.74, 6) is 1.41. The summed E-state index contributed by atoms with van der Waals surface area (Å²) in [7, 11) is 3.26. The molecular formula is C14H19ClN2O2. The van der Waals surface area contributed by atoms with Gasteiger partial charge >= 0.3 is 0 Å². The number of methoxy groups -OCH3 is 2. The summed E-state index contributed by atoms with van der Waals surface area (Å²) >= 11 is 0. The maximum atomic E-state index is 5.32. The number of nitrogens with zero attached hydrogens (tertiary/aromatic N) is 1. The number of pyridine rings is 1. The van der Waals surface area contributed by atoms with Gasteiger partial charge in [0, 0.05) is 29.4 Å². The molecule has 0 atom stereocenters. The van der Waals surface area contributed by atoms with Gasteiger partial charge in [-0.3, -0.25) is 4.98 Å². The topological polar surface area (TPSA) is 43.4 Å². The second-order valence-corrected chi connectivity index (χ2v) is 4.38. The van der Waals surface area contributed by atoms with E-state index in [1.54, 1.807) is 20.4 Å². The third kappa shape index (κ3) is 3.20. The van der Waals surface area contributed by atoms with Gasteiger partial charge in [-0.2, -0.15) is 0 Å². The summed E-state index contributed by atoms with van der Waals surface area (Å²) < 4.78 is 10.6. The summed E-state index contributed by atoms with van der Waals surface area (Å²) in [5, 5.41) is 4.43. The minimum Gasteiger partial charge on any atom is -0.493 e. The third-order valence-electron chi connectivity index (χ3n) is 2.69. The van der Waals surface area contributed by atoms with Gasteiger partial charge in [0.05, 0.1) is 19.7 Å². The first-order valence-electron chi connectivity index (χ1n) is 5.93. The molecule has 1 aromatic heterocycles. The highest BCUT2D eigenvalue weighted by molar-refractivity contribution is 5.93. The Morgan fingerprint density at radius 1 is 1.11 bits per heavy atom. The van der Waals surface area contributed by atoms with Gasteiger partial charge in [-0.25, -0.2) is 0 Å². The van der Waals surface area contributed by atoms with Crippen molar-refractivity contribution in [1.29, 1.82) is 0 Å². The molecule has 0 bridgehead atoms. The van der Waals surface area contributed by atoms with Crippen molar-refractivity contribution in [2.24, 2.45) is 0 Å². The molecule has 0 aliphatic carbocycles. The molecule has 2 rings (SSSR count). The number of ether oxygens (including phenoxy) is 2. The Hall–Kier alpha value is -1.68. The molecule has 0 saturated heterocycles. The van der Waals surface area contributed by atoms with Crippen molar-refractivity contribution in [3.63, 3.8) is 0 Å². The van der Waals surface area contributed by atoms with E-state index in [9.17, 15) is 0 Å². The fraction of sp³-hybridized carbons (Fsp3) is 0.357. The molecule has 0 amide bonds. The minimum atomic E-state index is 0. The van der Waals surface area contributed by atoms with E-state index in [1.807, 2.05) is 18.2 Å². The van der Waals surface area contributed by atoms with Gasteiger partial charge < -0.3 is 14.8 Å². The van der Waals surface area contributed by atoms with Crippen LogP contribution in [-0.2, 0) is 0 Å². The fourth-order valence-corrected chi connectivity index (χ4v) is 1.91. The molecule has 2 aromatic rings. The molecule has 0 aliphatic heterocycles. The lowest BCUT2D eigenvalue weighted by molar-refractivity contribution is 0.356. The van der Waals surface area contributed by atoms with Crippen molar-refractivity contribution in [3.8, 4) is 11.5 Å². The van der Waals surface area contributed by atoms with Crippen LogP contribution in [0.25, 0.3) is 10.9 Å². The number of nitrogens with one attached hydrogen (secondary N) is 1. The van der Waals surface area contributed by atoms with E-state index in [4.69, 9.17) is 9.47 Å². The quantitative estimate of drug-likeness (QED) is 0.932. The first kappa shape index (κ1) is 15.4. The van der Waals surface area contributed by atoms with E-state index in [0.717, 1.165) is 16.6 Å². The first-order chi connectivity index (χ1) is 8.65. The largest absolute Gasteiger partial charge is 0.493 e. The zero-order chi connectivity index (χ0) is 13.1. The Bertz CT molecular complexity index is 558. The minimum absolute atomic E-state index is 0. The van der Waals surface area contributed by atoms with E-state index in [2.05, 4.69) is 24.1 Å². The van der Waals surface area contributed by atoms with Crippen LogP contribution >= 0.6 is 12.4 Å². The molecule has 0 saturated carbocycles. The van der Waals surface area contributed by atoms with Crippen molar-refractivity contribution in [2.75, 3.05) is 19.5 Å². The number of hydrogen-bond acceptors (Lipinski definition) is 4. The number of rotatable bonds is 4. The zero-order valence-electron chi connectivity index (χ0n) is 11.6. The predicted molar refractivity (Wildman–Crippen MR) is 80.9 cm³/mol. The second kappa shape index (κ2) is 6.48. The highest BCUT2D eigenvalue weighted by atomic mass is 35.5. The lowest BCUT2D eigenvalue weighted by atomic mass is 10.1. The predicted octanol–water partition coefficient (Wildman–Crippen LogP) is 3.49. The summed E-state index contributed by atoms with van der Waals surface area (Å²) in [6, 6.07) is 6.17. The average Bonchev–Trinajstić information content (AvgIpc) is 2.37. The lowest BCUT2D eigenvalue weighted by Gasteiger charge is -2.14. The highest BCUT2D eigenvalue weighted by Crippen LogP contribution is 2.34. The second-order valence-electron chi connectivity index (χ2n) is 4.38. The van der Waals surface area contributed by atoms with E-state index in [0.29, 0.717) is 17.5 Å². The maximum absolute atomic E-state index is 5.32. The molecule has 4 nitrogen and oxygen atoms in total. The van der Waals surface area contributed by atoms with Gasteiger partial charge in [0.15, 0.2) is 11.5 Å².